The average Bonchev–Trinajstić information content (AvgIpc) is 3.13. The normalized spacial score (nSPS) is 23.5. The first-order chi connectivity index (χ1) is 14.8. The van der Waals surface area contributed by atoms with E-state index in [0.717, 1.165) is 32.2 Å². The van der Waals surface area contributed by atoms with Crippen LogP contribution in [0.2, 0.25) is 0 Å². The van der Waals surface area contributed by atoms with Crippen LogP contribution in [-0.4, -0.2) is 46.2 Å². The molecule has 2 atom stereocenters. The van der Waals surface area contributed by atoms with Crippen LogP contribution in [0, 0.1) is 5.92 Å². The van der Waals surface area contributed by atoms with E-state index in [-0.39, 0.29) is 24.3 Å². The molecule has 160 valence electrons. The largest absolute Gasteiger partial charge is 0.356 e. The minimum atomic E-state index is -1.02. The maximum atomic E-state index is 13.8. The third-order valence-electron chi connectivity index (χ3n) is 6.68. The zero-order valence-corrected chi connectivity index (χ0v) is 19.6. The van der Waals surface area contributed by atoms with Gasteiger partial charge in [-0.25, -0.2) is 0 Å². The monoisotopic (exact) mass is 479 g/mol. The van der Waals surface area contributed by atoms with Crippen molar-refractivity contribution in [1.29, 1.82) is 0 Å². The minimum Gasteiger partial charge on any atom is -0.356 e. The number of piperazine rings is 1. The van der Waals surface area contributed by atoms with E-state index in [9.17, 15) is 9.59 Å². The Morgan fingerprint density at radius 1 is 1.13 bits per heavy atom. The Kier molecular flexibility index (Phi) is 4.74. The van der Waals surface area contributed by atoms with Gasteiger partial charge >= 0.3 is 0 Å². The molecular formula is C25H26BrN3O2. The van der Waals surface area contributed by atoms with Crippen molar-refractivity contribution >= 4 is 38.6 Å². The smallest absolute Gasteiger partial charge is 0.254 e. The van der Waals surface area contributed by atoms with Crippen molar-refractivity contribution in [3.8, 4) is 0 Å². The van der Waals surface area contributed by atoms with Gasteiger partial charge in [-0.2, -0.15) is 0 Å². The van der Waals surface area contributed by atoms with Crippen LogP contribution in [-0.2, 0) is 15.1 Å². The summed E-state index contributed by atoms with van der Waals surface area (Å²) in [5, 5.41) is 1.12. The third-order valence-corrected chi connectivity index (χ3v) is 7.20. The highest BCUT2D eigenvalue weighted by Crippen LogP contribution is 2.48. The van der Waals surface area contributed by atoms with E-state index in [1.165, 1.54) is 0 Å². The molecule has 2 amide bonds. The van der Waals surface area contributed by atoms with Crippen LogP contribution in [0.1, 0.15) is 43.5 Å². The fourth-order valence-electron chi connectivity index (χ4n) is 5.26. The zero-order valence-electron chi connectivity index (χ0n) is 18.0. The lowest BCUT2D eigenvalue weighted by Crippen LogP contribution is -2.67. The van der Waals surface area contributed by atoms with E-state index in [0.29, 0.717) is 19.0 Å². The lowest BCUT2D eigenvalue weighted by molar-refractivity contribution is -0.166. The van der Waals surface area contributed by atoms with E-state index in [1.807, 2.05) is 37.3 Å². The van der Waals surface area contributed by atoms with E-state index in [1.54, 1.807) is 9.80 Å². The highest BCUT2D eigenvalue weighted by Gasteiger charge is 2.56. The van der Waals surface area contributed by atoms with Crippen LogP contribution in [0.4, 0.5) is 0 Å². The molecule has 3 aromatic rings. The van der Waals surface area contributed by atoms with E-state index in [4.69, 9.17) is 0 Å². The van der Waals surface area contributed by atoms with Crippen molar-refractivity contribution in [2.45, 2.75) is 32.2 Å². The van der Waals surface area contributed by atoms with Crippen molar-refractivity contribution < 1.29 is 9.59 Å². The third kappa shape index (κ3) is 3.03. The highest BCUT2D eigenvalue weighted by molar-refractivity contribution is 9.10. The number of rotatable bonds is 3. The van der Waals surface area contributed by atoms with E-state index >= 15 is 0 Å². The van der Waals surface area contributed by atoms with Crippen molar-refractivity contribution in [2.24, 2.45) is 5.92 Å². The van der Waals surface area contributed by atoms with Crippen LogP contribution < -0.4 is 0 Å². The topological polar surface area (TPSA) is 56.4 Å². The quantitative estimate of drug-likeness (QED) is 0.595. The fraction of sp³-hybridized carbons (Fsp3) is 0.360. The van der Waals surface area contributed by atoms with Gasteiger partial charge in [0.1, 0.15) is 0 Å². The molecule has 0 aliphatic carbocycles. The number of benzene rings is 2. The van der Waals surface area contributed by atoms with Crippen molar-refractivity contribution in [3.05, 3.63) is 69.8 Å². The second-order valence-electron chi connectivity index (χ2n) is 9.22. The number of hydrogen-bond acceptors (Lipinski definition) is 2. The van der Waals surface area contributed by atoms with Crippen LogP contribution in [0.5, 0.6) is 0 Å². The number of nitrogens with zero attached hydrogens (tertiary/aromatic N) is 2. The van der Waals surface area contributed by atoms with Gasteiger partial charge in [0, 0.05) is 34.4 Å². The van der Waals surface area contributed by atoms with Gasteiger partial charge in [-0.05, 0) is 42.2 Å². The van der Waals surface area contributed by atoms with Gasteiger partial charge in [0.2, 0.25) is 5.91 Å². The number of carbonyl (C=O) groups is 2. The number of nitrogens with one attached hydrogen (secondary N) is 1. The minimum absolute atomic E-state index is 0.000670. The molecule has 0 radical (unpaired) electrons. The number of para-hydroxylation sites is 1. The fourth-order valence-corrected chi connectivity index (χ4v) is 5.52. The predicted molar refractivity (Wildman–Crippen MR) is 125 cm³/mol. The maximum Gasteiger partial charge on any atom is 0.254 e. The zero-order chi connectivity index (χ0) is 21.9. The SMILES string of the molecule is CC(C)CN1CC(=O)N2C[C@@H](c3ccc(Br)cc3)c3c([nH]c4ccccc34)[C@@]2(C)C1=O. The Balaban J connectivity index is 1.73. The molecule has 0 saturated carbocycles. The summed E-state index contributed by atoms with van der Waals surface area (Å²) in [6.07, 6.45) is 0. The number of fused-ring (bicyclic) bond motifs is 5. The Hall–Kier alpha value is -2.60. The molecular weight excluding hydrogens is 454 g/mol. The molecule has 2 aromatic carbocycles. The summed E-state index contributed by atoms with van der Waals surface area (Å²) >= 11 is 3.52. The number of halogens is 1. The van der Waals surface area contributed by atoms with Crippen LogP contribution in [0.25, 0.3) is 10.9 Å². The van der Waals surface area contributed by atoms with Crippen molar-refractivity contribution in [2.75, 3.05) is 19.6 Å². The molecule has 6 heteroatoms. The molecule has 0 spiro atoms. The van der Waals surface area contributed by atoms with Gasteiger partial charge in [0.25, 0.3) is 5.91 Å². The number of carbonyl (C=O) groups excluding carboxylic acids is 2. The first-order valence-corrected chi connectivity index (χ1v) is 11.6. The molecule has 31 heavy (non-hydrogen) atoms. The van der Waals surface area contributed by atoms with Gasteiger partial charge in [-0.15, -0.1) is 0 Å². The lowest BCUT2D eigenvalue weighted by atomic mass is 9.76. The van der Waals surface area contributed by atoms with Crippen molar-refractivity contribution in [3.63, 3.8) is 0 Å². The summed E-state index contributed by atoms with van der Waals surface area (Å²) in [5.41, 5.74) is 3.09. The summed E-state index contributed by atoms with van der Waals surface area (Å²) < 4.78 is 1.02. The average molecular weight is 480 g/mol. The molecule has 1 aromatic heterocycles. The number of H-pyrrole nitrogens is 1. The van der Waals surface area contributed by atoms with Gasteiger partial charge in [0.05, 0.1) is 12.2 Å². The molecule has 0 bridgehead atoms. The summed E-state index contributed by atoms with van der Waals surface area (Å²) in [4.78, 5) is 34.2. The van der Waals surface area contributed by atoms with Crippen LogP contribution in [0.15, 0.2) is 53.0 Å². The standard InChI is InChI=1S/C25H26BrN3O2/c1-15(2)12-28-14-21(30)29-13-19(16-8-10-17(26)11-9-16)22-18-6-4-5-7-20(18)27-23(22)25(29,3)24(28)31/h4-11,15,19,27H,12-14H2,1-3H3/t19-,25-/m0/s1. The maximum absolute atomic E-state index is 13.8. The molecule has 2 aliphatic rings. The van der Waals surface area contributed by atoms with Crippen molar-refractivity contribution in [1.82, 2.24) is 14.8 Å². The first kappa shape index (κ1) is 20.3. The van der Waals surface area contributed by atoms with Gasteiger partial charge in [-0.3, -0.25) is 9.59 Å². The van der Waals surface area contributed by atoms with Crippen LogP contribution in [0.3, 0.4) is 0 Å². The molecule has 5 nitrogen and oxygen atoms in total. The van der Waals surface area contributed by atoms with E-state index in [2.05, 4.69) is 53.0 Å². The first-order valence-electron chi connectivity index (χ1n) is 10.8. The Morgan fingerprint density at radius 2 is 1.84 bits per heavy atom. The second kappa shape index (κ2) is 7.23. The van der Waals surface area contributed by atoms with Gasteiger partial charge in [-0.1, -0.05) is 60.1 Å². The molecule has 1 fully saturated rings. The Labute approximate surface area is 190 Å². The lowest BCUT2D eigenvalue weighted by Gasteiger charge is -2.51. The highest BCUT2D eigenvalue weighted by atomic mass is 79.9. The molecule has 0 unspecified atom stereocenters. The van der Waals surface area contributed by atoms with Gasteiger partial charge in [0.15, 0.2) is 5.54 Å². The number of hydrogen-bond donors (Lipinski definition) is 1. The summed E-state index contributed by atoms with van der Waals surface area (Å²) in [7, 11) is 0. The molecule has 5 rings (SSSR count). The Bertz CT molecular complexity index is 1180. The second-order valence-corrected chi connectivity index (χ2v) is 10.1. The molecule has 2 aliphatic heterocycles. The number of aromatic amines is 1. The van der Waals surface area contributed by atoms with Crippen LogP contribution >= 0.6 is 15.9 Å². The number of aromatic nitrogens is 1. The summed E-state index contributed by atoms with van der Waals surface area (Å²) in [6, 6.07) is 16.4. The Morgan fingerprint density at radius 3 is 2.55 bits per heavy atom. The van der Waals surface area contributed by atoms with Gasteiger partial charge < -0.3 is 14.8 Å². The molecule has 1 N–H and O–H groups in total. The molecule has 3 heterocycles. The summed E-state index contributed by atoms with van der Waals surface area (Å²) in [5.74, 6) is 0.311. The number of amides is 2. The molecule has 1 saturated heterocycles. The summed E-state index contributed by atoms with van der Waals surface area (Å²) in [6.45, 7) is 7.28. The predicted octanol–water partition coefficient (Wildman–Crippen LogP) is 4.62. The van der Waals surface area contributed by atoms with E-state index < -0.39 is 5.54 Å².